The third-order valence-corrected chi connectivity index (χ3v) is 0.0609. The Morgan fingerprint density at radius 1 is 1.75 bits per heavy atom. The van der Waals surface area contributed by atoms with E-state index >= 15 is 0 Å². The Morgan fingerprint density at radius 3 is 2.00 bits per heavy atom. The maximum atomic E-state index is 4.31. The van der Waals surface area contributed by atoms with Crippen LogP contribution in [0.1, 0.15) is 0 Å². The summed E-state index contributed by atoms with van der Waals surface area (Å²) in [7, 11) is 0. The molecule has 0 bridgehead atoms. The van der Waals surface area contributed by atoms with Gasteiger partial charge in [-0.2, -0.15) is 10.8 Å². The summed E-state index contributed by atoms with van der Waals surface area (Å²) in [4.78, 5) is 3.44. The van der Waals surface area contributed by atoms with E-state index in [2.05, 4.69) is 22.3 Å². The summed E-state index contributed by atoms with van der Waals surface area (Å²) >= 11 is 0. The Labute approximate surface area is 23.6 Å². The predicted octanol–water partition coefficient (Wildman–Crippen LogP) is -1.73. The summed E-state index contributed by atoms with van der Waals surface area (Å²) in [6.45, 7) is 0. The van der Waals surface area contributed by atoms with E-state index in [1.807, 2.05) is 0 Å². The van der Waals surface area contributed by atoms with E-state index in [0.717, 1.165) is 0 Å². The van der Waals surface area contributed by atoms with Crippen molar-refractivity contribution in [1.29, 1.82) is 0 Å². The number of nitrogens with zero attached hydrogens (tertiary/aromatic N) is 1. The highest BCUT2D eigenvalue weighted by Gasteiger charge is 1.50. The molecule has 0 saturated heterocycles. The van der Waals surface area contributed by atoms with E-state index < -0.39 is 0 Å². The number of hydrogen-bond acceptors (Lipinski definition) is 3. The quantitative estimate of drug-likeness (QED) is 0.280. The highest BCUT2D eigenvalue weighted by atomic mass is 16.8. The molecule has 0 aromatic heterocycles. The second-order valence-corrected chi connectivity index (χ2v) is 0.211. The van der Waals surface area contributed by atoms with Crippen LogP contribution < -0.4 is 17.3 Å². The van der Waals surface area contributed by atoms with Gasteiger partial charge in [0.2, 0.25) is 0 Å². The average Bonchev–Trinajstić information content (AvgIpc) is 1.37. The van der Waals surface area contributed by atoms with Gasteiger partial charge in [-0.05, 0) is 0 Å². The monoisotopic (exact) mass is 62.0 g/mol. The molecule has 4 heavy (non-hydrogen) atoms. The van der Waals surface area contributed by atoms with Gasteiger partial charge in [-0.15, -0.1) is 0 Å². The first-order valence-corrected chi connectivity index (χ1v) is 0.676. The first kappa shape index (κ1) is 3.84. The summed E-state index contributed by atoms with van der Waals surface area (Å²) < 4.78 is 0. The van der Waals surface area contributed by atoms with Crippen LogP contribution in [0.15, 0.2) is 0 Å². The minimum absolute atomic E-state index is 2.51. The zero-order chi connectivity index (χ0) is 3.41. The van der Waals surface area contributed by atoms with Crippen LogP contribution >= 0.6 is 0 Å². The summed E-state index contributed by atoms with van der Waals surface area (Å²) in [6, 6.07) is 0. The Morgan fingerprint density at radius 2 is 2.00 bits per heavy atom. The molecule has 0 aromatic carbocycles. The highest BCUT2D eigenvalue weighted by molar-refractivity contribution is 3.53. The summed E-state index contributed by atoms with van der Waals surface area (Å²) in [5.41, 5.74) is 2.51. The lowest BCUT2D eigenvalue weighted by atomic mass is 12.8. The van der Waals surface area contributed by atoms with Gasteiger partial charge in [-0.1, -0.05) is 0 Å². The summed E-state index contributed by atoms with van der Waals surface area (Å²) in [6.07, 6.45) is 0. The molecule has 4 heteroatoms. The van der Waals surface area contributed by atoms with Gasteiger partial charge in [0.15, 0.2) is 0 Å². The van der Waals surface area contributed by atoms with Gasteiger partial charge < -0.3 is 0 Å². The van der Waals surface area contributed by atoms with Crippen LogP contribution in [0.5, 0.6) is 0 Å². The summed E-state index contributed by atoms with van der Waals surface area (Å²) in [5, 5.41) is 0. The molecular weight excluding hydrogens is 58.0 g/mol. The fraction of sp³-hybridized carbons (Fsp3) is 0. The molecule has 0 atom stereocenters. The van der Waals surface area contributed by atoms with Gasteiger partial charge in [0.25, 0.3) is 0 Å². The maximum Gasteiger partial charge on any atom is 0.00786 e. The zero-order valence-corrected chi connectivity index (χ0v) is 2.01. The minimum Gasteiger partial charge on any atom is -0.225 e. The van der Waals surface area contributed by atoms with Crippen molar-refractivity contribution in [2.75, 3.05) is 0 Å². The molecule has 0 rings (SSSR count). The van der Waals surface area contributed by atoms with Crippen molar-refractivity contribution in [1.82, 2.24) is 5.59 Å². The third kappa shape index (κ3) is 1.84. The number of nitrogens with two attached hydrogens (primary N) is 2. The van der Waals surface area contributed by atoms with Gasteiger partial charge in [-0.3, -0.25) is 0 Å². The molecule has 0 aliphatic rings. The molecule has 0 fully saturated rings. The van der Waals surface area contributed by atoms with Crippen LogP contribution in [-0.4, -0.2) is 0 Å². The third-order valence-electron chi connectivity index (χ3n) is 0.0609. The van der Waals surface area contributed by atoms with Gasteiger partial charge in [0, 0.05) is 5.59 Å². The van der Waals surface area contributed by atoms with Crippen molar-refractivity contribution in [2.24, 2.45) is 11.7 Å². The maximum absolute atomic E-state index is 4.31. The lowest BCUT2D eigenvalue weighted by Gasteiger charge is -1.74. The normalized spacial score (nSPS) is 7.50. The largest absolute Gasteiger partial charge is 0.225 e. The van der Waals surface area contributed by atoms with E-state index in [4.69, 9.17) is 0 Å². The zero-order valence-electron chi connectivity index (χ0n) is 2.01. The topological polar surface area (TPSA) is 75.4 Å². The van der Waals surface area contributed by atoms with Crippen LogP contribution in [-0.2, 0) is 4.94 Å². The Hall–Kier alpha value is -0.160. The second-order valence-electron chi connectivity index (χ2n) is 0.211. The minimum atomic E-state index is 2.51. The first-order valence-electron chi connectivity index (χ1n) is 0.676. The molecule has 0 aromatic rings. The van der Waals surface area contributed by atoms with Crippen LogP contribution in [0.25, 0.3) is 0 Å². The molecule has 0 heterocycles. The van der Waals surface area contributed by atoms with Gasteiger partial charge in [0.1, 0.15) is 0 Å². The first-order chi connectivity index (χ1) is 1.91. The Kier molecular flexibility index (Phi) is 2.73. The second kappa shape index (κ2) is 2.84. The van der Waals surface area contributed by atoms with Crippen molar-refractivity contribution in [2.45, 2.75) is 0 Å². The van der Waals surface area contributed by atoms with Gasteiger partial charge in [0.05, 0.1) is 0 Å². The molecule has 1 radical (unpaired) electrons. The highest BCUT2D eigenvalue weighted by Crippen LogP contribution is 1.20. The molecule has 0 spiro atoms. The SMILES string of the molecule is N[N]ON. The van der Waals surface area contributed by atoms with Crippen molar-refractivity contribution in [3.8, 4) is 0 Å². The van der Waals surface area contributed by atoms with E-state index in [1.54, 1.807) is 0 Å². The molecular formula is H4N3O. The van der Waals surface area contributed by atoms with Gasteiger partial charge in [-0.25, -0.2) is 5.84 Å². The van der Waals surface area contributed by atoms with Gasteiger partial charge >= 0.3 is 0 Å². The van der Waals surface area contributed by atoms with Crippen LogP contribution in [0.4, 0.5) is 0 Å². The van der Waals surface area contributed by atoms with Crippen molar-refractivity contribution in [3.05, 3.63) is 0 Å². The van der Waals surface area contributed by atoms with Crippen molar-refractivity contribution in [3.63, 3.8) is 0 Å². The molecule has 0 aliphatic heterocycles. The lowest BCUT2D eigenvalue weighted by Crippen LogP contribution is -2.17. The molecule has 4 N–H and O–H groups in total. The van der Waals surface area contributed by atoms with Crippen molar-refractivity contribution >= 4 is 0 Å². The van der Waals surface area contributed by atoms with Crippen LogP contribution in [0, 0.1) is 0 Å². The van der Waals surface area contributed by atoms with E-state index in [-0.39, 0.29) is 0 Å². The molecule has 0 aliphatic carbocycles. The summed E-state index contributed by atoms with van der Waals surface area (Å²) in [5.74, 6) is 8.54. The fourth-order valence-electron chi connectivity index (χ4n) is 0. The average molecular weight is 62.1 g/mol. The van der Waals surface area contributed by atoms with Crippen LogP contribution in [0.3, 0.4) is 0 Å². The number of rotatable bonds is 1. The predicted molar refractivity (Wildman–Crippen MR) is 11.6 cm³/mol. The molecule has 4 nitrogen and oxygen atoms in total. The number of hydrogen-bond donors (Lipinski definition) is 2. The molecule has 0 amide bonds. The smallest absolute Gasteiger partial charge is 0.00786 e. The molecule has 0 unspecified atom stereocenters. The fourth-order valence-corrected chi connectivity index (χ4v) is 0. The Bertz CT molecular complexity index is 5.25. The van der Waals surface area contributed by atoms with E-state index in [0.29, 0.717) is 0 Å². The Balaban J connectivity index is 1.97. The van der Waals surface area contributed by atoms with Crippen LogP contribution in [0.2, 0.25) is 0 Å². The molecule has 0 saturated carbocycles. The van der Waals surface area contributed by atoms with E-state index in [1.165, 1.54) is 0 Å². The molecule has 25 valence electrons. The van der Waals surface area contributed by atoms with E-state index in [9.17, 15) is 0 Å². The van der Waals surface area contributed by atoms with Crippen molar-refractivity contribution < 1.29 is 4.94 Å². The lowest BCUT2D eigenvalue weighted by molar-refractivity contribution is 0.0324. The standard InChI is InChI=1S/H4N3O/c1-3-4-2/h1-2H2.